The number of fused-ring (bicyclic) bond motifs is 3. The van der Waals surface area contributed by atoms with Gasteiger partial charge in [-0.2, -0.15) is 0 Å². The molecule has 1 atom stereocenters. The van der Waals surface area contributed by atoms with Crippen molar-refractivity contribution in [3.8, 4) is 0 Å². The number of aliphatic hydroxyl groups excluding tert-OH is 1. The fourth-order valence-corrected chi connectivity index (χ4v) is 2.85. The Labute approximate surface area is 95.5 Å². The first-order valence-corrected chi connectivity index (χ1v) is 6.07. The van der Waals surface area contributed by atoms with E-state index in [2.05, 4.69) is 34.9 Å². The number of aryl methyl sites for hydroxylation is 1. The molecule has 0 aliphatic heterocycles. The number of pyridine rings is 1. The van der Waals surface area contributed by atoms with Crippen molar-refractivity contribution in [2.75, 3.05) is 6.61 Å². The van der Waals surface area contributed by atoms with Gasteiger partial charge in [0.2, 0.25) is 0 Å². The monoisotopic (exact) mass is 215 g/mol. The molecule has 2 aromatic rings. The smallest absolute Gasteiger partial charge is 0.0455 e. The molecular weight excluding hydrogens is 198 g/mol. The van der Waals surface area contributed by atoms with Crippen LogP contribution in [0.1, 0.15) is 24.1 Å². The molecule has 0 fully saturated rings. The van der Waals surface area contributed by atoms with Gasteiger partial charge in [0.05, 0.1) is 0 Å². The summed E-state index contributed by atoms with van der Waals surface area (Å²) < 4.78 is 2.30. The lowest BCUT2D eigenvalue weighted by Crippen LogP contribution is -2.15. The molecule has 3 rings (SSSR count). The van der Waals surface area contributed by atoms with E-state index in [9.17, 15) is 0 Å². The minimum Gasteiger partial charge on any atom is -0.396 e. The summed E-state index contributed by atoms with van der Waals surface area (Å²) in [6, 6.07) is 8.65. The van der Waals surface area contributed by atoms with Crippen molar-refractivity contribution in [3.63, 3.8) is 0 Å². The predicted octanol–water partition coefficient (Wildman–Crippen LogP) is 2.43. The van der Waals surface area contributed by atoms with Crippen molar-refractivity contribution in [3.05, 3.63) is 41.7 Å². The van der Waals surface area contributed by atoms with Gasteiger partial charge in [-0.15, -0.1) is 0 Å². The van der Waals surface area contributed by atoms with Crippen LogP contribution in [-0.2, 0) is 12.8 Å². The van der Waals surface area contributed by atoms with Crippen LogP contribution in [0.4, 0.5) is 0 Å². The lowest BCUT2D eigenvalue weighted by atomic mass is 9.86. The molecule has 84 valence electrons. The van der Waals surface area contributed by atoms with Gasteiger partial charge >= 0.3 is 0 Å². The van der Waals surface area contributed by atoms with Crippen molar-refractivity contribution in [1.82, 2.24) is 4.40 Å². The number of hydrogen-bond donors (Lipinski definition) is 1. The first kappa shape index (κ1) is 9.91. The molecule has 2 nitrogen and oxygen atoms in total. The SMILES string of the molecule is OCCC1CCc2cc3ccccn3c2C1. The Morgan fingerprint density at radius 2 is 2.31 bits per heavy atom. The summed E-state index contributed by atoms with van der Waals surface area (Å²) in [6.45, 7) is 0.323. The van der Waals surface area contributed by atoms with E-state index in [1.807, 2.05) is 0 Å². The largest absolute Gasteiger partial charge is 0.396 e. The summed E-state index contributed by atoms with van der Waals surface area (Å²) in [5, 5.41) is 9.02. The van der Waals surface area contributed by atoms with Crippen LogP contribution in [0.2, 0.25) is 0 Å². The summed E-state index contributed by atoms with van der Waals surface area (Å²) in [5.74, 6) is 0.663. The molecular formula is C14H17NO. The van der Waals surface area contributed by atoms with Crippen LogP contribution in [0.15, 0.2) is 30.5 Å². The summed E-state index contributed by atoms with van der Waals surface area (Å²) in [4.78, 5) is 0. The highest BCUT2D eigenvalue weighted by molar-refractivity contribution is 5.54. The maximum absolute atomic E-state index is 9.02. The van der Waals surface area contributed by atoms with Crippen molar-refractivity contribution in [1.29, 1.82) is 0 Å². The van der Waals surface area contributed by atoms with E-state index in [0.717, 1.165) is 12.8 Å². The summed E-state index contributed by atoms with van der Waals surface area (Å²) in [5.41, 5.74) is 4.26. The Kier molecular flexibility index (Phi) is 2.44. The maximum atomic E-state index is 9.02. The average molecular weight is 215 g/mol. The van der Waals surface area contributed by atoms with Crippen LogP contribution >= 0.6 is 0 Å². The van der Waals surface area contributed by atoms with Crippen molar-refractivity contribution < 1.29 is 5.11 Å². The van der Waals surface area contributed by atoms with E-state index in [0.29, 0.717) is 12.5 Å². The topological polar surface area (TPSA) is 24.6 Å². The second-order valence-corrected chi connectivity index (χ2v) is 4.73. The summed E-state index contributed by atoms with van der Waals surface area (Å²) in [6.07, 6.45) is 6.61. The molecule has 16 heavy (non-hydrogen) atoms. The molecule has 2 heteroatoms. The number of aliphatic hydroxyl groups is 1. The Bertz CT molecular complexity index is 500. The van der Waals surface area contributed by atoms with Gasteiger partial charge in [-0.25, -0.2) is 0 Å². The number of aromatic nitrogens is 1. The quantitative estimate of drug-likeness (QED) is 0.817. The first-order chi connectivity index (χ1) is 7.88. The molecule has 0 saturated heterocycles. The highest BCUT2D eigenvalue weighted by atomic mass is 16.3. The summed E-state index contributed by atoms with van der Waals surface area (Å²) in [7, 11) is 0. The van der Waals surface area contributed by atoms with Crippen LogP contribution in [-0.4, -0.2) is 16.1 Å². The third-order valence-electron chi connectivity index (χ3n) is 3.72. The van der Waals surface area contributed by atoms with E-state index in [1.165, 1.54) is 29.6 Å². The van der Waals surface area contributed by atoms with Gasteiger partial charge in [0.1, 0.15) is 0 Å². The van der Waals surface area contributed by atoms with Gasteiger partial charge in [-0.3, -0.25) is 0 Å². The first-order valence-electron chi connectivity index (χ1n) is 6.07. The minimum absolute atomic E-state index is 0.323. The van der Waals surface area contributed by atoms with Crippen LogP contribution in [0.25, 0.3) is 5.52 Å². The highest BCUT2D eigenvalue weighted by Gasteiger charge is 2.21. The molecule has 0 bridgehead atoms. The average Bonchev–Trinajstić information content (AvgIpc) is 2.68. The zero-order valence-electron chi connectivity index (χ0n) is 9.39. The fourth-order valence-electron chi connectivity index (χ4n) is 2.85. The van der Waals surface area contributed by atoms with Gasteiger partial charge in [-0.05, 0) is 55.4 Å². The molecule has 0 aromatic carbocycles. The van der Waals surface area contributed by atoms with Gasteiger partial charge in [0.15, 0.2) is 0 Å². The highest BCUT2D eigenvalue weighted by Crippen LogP contribution is 2.29. The molecule has 2 heterocycles. The van der Waals surface area contributed by atoms with Crippen LogP contribution in [0, 0.1) is 5.92 Å². The van der Waals surface area contributed by atoms with E-state index < -0.39 is 0 Å². The van der Waals surface area contributed by atoms with Crippen LogP contribution in [0.3, 0.4) is 0 Å². The molecule has 0 radical (unpaired) electrons. The standard InChI is InChI=1S/C14H17NO/c16-8-6-11-4-5-12-10-13-3-1-2-7-15(13)14(12)9-11/h1-3,7,10-11,16H,4-6,8-9H2. The number of hydrogen-bond acceptors (Lipinski definition) is 1. The minimum atomic E-state index is 0.323. The maximum Gasteiger partial charge on any atom is 0.0455 e. The van der Waals surface area contributed by atoms with Crippen molar-refractivity contribution in [2.45, 2.75) is 25.7 Å². The molecule has 0 amide bonds. The molecule has 0 spiro atoms. The second-order valence-electron chi connectivity index (χ2n) is 4.73. The van der Waals surface area contributed by atoms with Gasteiger partial charge in [0, 0.05) is 24.0 Å². The Hall–Kier alpha value is -1.28. The van der Waals surface area contributed by atoms with Crippen LogP contribution in [0.5, 0.6) is 0 Å². The zero-order valence-corrected chi connectivity index (χ0v) is 9.39. The van der Waals surface area contributed by atoms with Crippen molar-refractivity contribution in [2.24, 2.45) is 5.92 Å². The van der Waals surface area contributed by atoms with E-state index in [1.54, 1.807) is 0 Å². The Balaban J connectivity index is 2.01. The third-order valence-corrected chi connectivity index (χ3v) is 3.72. The summed E-state index contributed by atoms with van der Waals surface area (Å²) >= 11 is 0. The van der Waals surface area contributed by atoms with Crippen molar-refractivity contribution >= 4 is 5.52 Å². The predicted molar refractivity (Wildman–Crippen MR) is 64.6 cm³/mol. The molecule has 2 aromatic heterocycles. The molecule has 1 N–H and O–H groups in total. The Morgan fingerprint density at radius 3 is 3.19 bits per heavy atom. The van der Waals surface area contributed by atoms with Gasteiger partial charge < -0.3 is 9.51 Å². The lowest BCUT2D eigenvalue weighted by Gasteiger charge is -2.22. The fraction of sp³-hybridized carbons (Fsp3) is 0.429. The van der Waals surface area contributed by atoms with E-state index in [4.69, 9.17) is 5.11 Å². The van der Waals surface area contributed by atoms with E-state index >= 15 is 0 Å². The van der Waals surface area contributed by atoms with Gasteiger partial charge in [-0.1, -0.05) is 6.07 Å². The van der Waals surface area contributed by atoms with E-state index in [-0.39, 0.29) is 0 Å². The number of nitrogens with zero attached hydrogens (tertiary/aromatic N) is 1. The lowest BCUT2D eigenvalue weighted by molar-refractivity contribution is 0.247. The van der Waals surface area contributed by atoms with Crippen LogP contribution < -0.4 is 0 Å². The molecule has 0 saturated carbocycles. The molecule has 1 unspecified atom stereocenters. The second kappa shape index (κ2) is 3.95. The Morgan fingerprint density at radius 1 is 1.38 bits per heavy atom. The molecule has 1 aliphatic rings. The third kappa shape index (κ3) is 1.54. The zero-order chi connectivity index (χ0) is 11.0. The number of rotatable bonds is 2. The molecule has 1 aliphatic carbocycles. The normalized spacial score (nSPS) is 19.9. The van der Waals surface area contributed by atoms with Gasteiger partial charge in [0.25, 0.3) is 0 Å².